The van der Waals surface area contributed by atoms with Crippen LogP contribution in [0.25, 0.3) is 0 Å². The molecule has 0 aliphatic carbocycles. The van der Waals surface area contributed by atoms with Crippen molar-refractivity contribution < 1.29 is 4.79 Å². The third kappa shape index (κ3) is 9.02. The van der Waals surface area contributed by atoms with Crippen LogP contribution in [0.5, 0.6) is 0 Å². The van der Waals surface area contributed by atoms with Gasteiger partial charge in [0, 0.05) is 18.8 Å². The van der Waals surface area contributed by atoms with Crippen molar-refractivity contribution in [1.82, 2.24) is 10.6 Å². The van der Waals surface area contributed by atoms with Crippen molar-refractivity contribution in [2.45, 2.75) is 19.3 Å². The second-order valence-corrected chi connectivity index (χ2v) is 3.27. The van der Waals surface area contributed by atoms with E-state index in [0.29, 0.717) is 6.54 Å². The fraction of sp³-hybridized carbons (Fsp3) is 0.545. The summed E-state index contributed by atoms with van der Waals surface area (Å²) in [7, 11) is 0. The highest BCUT2D eigenvalue weighted by molar-refractivity contribution is 5.77. The smallest absolute Gasteiger partial charge is 0.233 e. The minimum absolute atomic E-state index is 0.0702. The Morgan fingerprint density at radius 2 is 1.80 bits per heavy atom. The van der Waals surface area contributed by atoms with Gasteiger partial charge in [-0.05, 0) is 25.3 Å². The molecule has 4 heteroatoms. The highest BCUT2D eigenvalue weighted by Gasteiger charge is 1.95. The summed E-state index contributed by atoms with van der Waals surface area (Å²) in [6, 6.07) is 0. The zero-order chi connectivity index (χ0) is 11.5. The predicted molar refractivity (Wildman–Crippen MR) is 63.3 cm³/mol. The largest absolute Gasteiger partial charge is 0.386 e. The normalized spacial score (nSPS) is 9.40. The molecule has 0 saturated heterocycles. The van der Waals surface area contributed by atoms with E-state index in [9.17, 15) is 4.79 Å². The van der Waals surface area contributed by atoms with Crippen LogP contribution in [0.15, 0.2) is 24.9 Å². The number of allylic oxidation sites excluding steroid dienone is 1. The first kappa shape index (κ1) is 13.7. The molecule has 0 unspecified atom stereocenters. The minimum Gasteiger partial charge on any atom is -0.386 e. The number of rotatable bonds is 9. The lowest BCUT2D eigenvalue weighted by molar-refractivity contribution is -0.119. The van der Waals surface area contributed by atoms with Gasteiger partial charge in [0.2, 0.25) is 5.91 Å². The zero-order valence-corrected chi connectivity index (χ0v) is 9.22. The van der Waals surface area contributed by atoms with Crippen LogP contribution in [0.3, 0.4) is 0 Å². The van der Waals surface area contributed by atoms with Gasteiger partial charge in [0.25, 0.3) is 0 Å². The number of carbonyl (C=O) groups excluding carboxylic acids is 1. The highest BCUT2D eigenvalue weighted by Crippen LogP contribution is 1.93. The summed E-state index contributed by atoms with van der Waals surface area (Å²) in [5.74, 6) is -0.0897. The van der Waals surface area contributed by atoms with Gasteiger partial charge in [-0.25, -0.2) is 0 Å². The van der Waals surface area contributed by atoms with Gasteiger partial charge in [-0.2, -0.15) is 0 Å². The summed E-state index contributed by atoms with van der Waals surface area (Å²) in [6.07, 6.45) is 4.81. The lowest BCUT2D eigenvalue weighted by Gasteiger charge is -2.05. The molecule has 0 aliphatic heterocycles. The Hall–Kier alpha value is -1.29. The molecule has 0 aromatic carbocycles. The van der Waals surface area contributed by atoms with E-state index in [-0.39, 0.29) is 12.5 Å². The van der Waals surface area contributed by atoms with E-state index in [0.717, 1.165) is 31.5 Å². The molecule has 0 radical (unpaired) electrons. The van der Waals surface area contributed by atoms with Gasteiger partial charge in [0.15, 0.2) is 0 Å². The quantitative estimate of drug-likeness (QED) is 0.385. The fourth-order valence-corrected chi connectivity index (χ4v) is 1.05. The molecule has 0 atom stereocenters. The fourth-order valence-electron chi connectivity index (χ4n) is 1.05. The Kier molecular flexibility index (Phi) is 8.47. The van der Waals surface area contributed by atoms with Crippen LogP contribution in [-0.4, -0.2) is 25.5 Å². The first-order valence-electron chi connectivity index (χ1n) is 5.22. The van der Waals surface area contributed by atoms with E-state index in [1.807, 2.05) is 0 Å². The van der Waals surface area contributed by atoms with Gasteiger partial charge in [0.1, 0.15) is 0 Å². The molecule has 4 N–H and O–H groups in total. The first-order valence-corrected chi connectivity index (χ1v) is 5.22. The van der Waals surface area contributed by atoms with E-state index in [2.05, 4.69) is 23.8 Å². The van der Waals surface area contributed by atoms with Crippen molar-refractivity contribution in [1.29, 1.82) is 0 Å². The van der Waals surface area contributed by atoms with Crippen LogP contribution in [0.1, 0.15) is 19.3 Å². The minimum atomic E-state index is -0.0897. The predicted octanol–water partition coefficient (Wildman–Crippen LogP) is 0.521. The summed E-state index contributed by atoms with van der Waals surface area (Å²) in [5.41, 5.74) is 6.00. The average molecular weight is 211 g/mol. The van der Waals surface area contributed by atoms with Crippen LogP contribution in [0.2, 0.25) is 0 Å². The van der Waals surface area contributed by atoms with Crippen LogP contribution < -0.4 is 16.4 Å². The van der Waals surface area contributed by atoms with Gasteiger partial charge in [0.05, 0.1) is 6.54 Å². The van der Waals surface area contributed by atoms with E-state index < -0.39 is 0 Å². The monoisotopic (exact) mass is 211 g/mol. The van der Waals surface area contributed by atoms with Crippen molar-refractivity contribution in [3.8, 4) is 0 Å². The Morgan fingerprint density at radius 3 is 2.33 bits per heavy atom. The number of unbranched alkanes of at least 4 members (excludes halogenated alkanes) is 2. The van der Waals surface area contributed by atoms with Gasteiger partial charge in [-0.1, -0.05) is 13.2 Å². The van der Waals surface area contributed by atoms with Crippen molar-refractivity contribution in [3.63, 3.8) is 0 Å². The van der Waals surface area contributed by atoms with Crippen LogP contribution in [0.4, 0.5) is 0 Å². The molecule has 0 saturated carbocycles. The molecule has 0 aliphatic rings. The molecule has 15 heavy (non-hydrogen) atoms. The summed E-state index contributed by atoms with van der Waals surface area (Å²) in [4.78, 5) is 10.8. The molecule has 0 fully saturated rings. The third-order valence-corrected chi connectivity index (χ3v) is 1.96. The summed E-state index contributed by atoms with van der Waals surface area (Å²) < 4.78 is 0. The maximum Gasteiger partial charge on any atom is 0.233 e. The first-order chi connectivity index (χ1) is 7.20. The molecule has 0 bridgehead atoms. The molecule has 1 amide bonds. The topological polar surface area (TPSA) is 67.1 Å². The maximum atomic E-state index is 10.8. The Labute approximate surface area is 91.6 Å². The van der Waals surface area contributed by atoms with Gasteiger partial charge in [-0.3, -0.25) is 4.79 Å². The van der Waals surface area contributed by atoms with Crippen molar-refractivity contribution in [3.05, 3.63) is 24.9 Å². The van der Waals surface area contributed by atoms with Crippen LogP contribution in [-0.2, 0) is 4.79 Å². The molecule has 0 spiro atoms. The van der Waals surface area contributed by atoms with E-state index in [4.69, 9.17) is 5.73 Å². The number of carbonyl (C=O) groups is 1. The van der Waals surface area contributed by atoms with Crippen LogP contribution >= 0.6 is 0 Å². The summed E-state index contributed by atoms with van der Waals surface area (Å²) in [6.45, 7) is 9.01. The van der Waals surface area contributed by atoms with E-state index in [1.54, 1.807) is 6.08 Å². The van der Waals surface area contributed by atoms with Crippen LogP contribution in [0, 0.1) is 0 Å². The third-order valence-electron chi connectivity index (χ3n) is 1.96. The SMILES string of the molecule is C=CC(=C)NCCCCCNC(=O)CN. The lowest BCUT2D eigenvalue weighted by Crippen LogP contribution is -2.30. The number of amides is 1. The van der Waals surface area contributed by atoms with Crippen molar-refractivity contribution >= 4 is 5.91 Å². The Morgan fingerprint density at radius 1 is 1.20 bits per heavy atom. The molecular formula is C11H21N3O. The van der Waals surface area contributed by atoms with Crippen molar-refractivity contribution in [2.24, 2.45) is 5.73 Å². The average Bonchev–Trinajstić information content (AvgIpc) is 2.26. The molecule has 4 nitrogen and oxygen atoms in total. The van der Waals surface area contributed by atoms with E-state index in [1.165, 1.54) is 0 Å². The molecule has 86 valence electrons. The lowest BCUT2D eigenvalue weighted by atomic mass is 10.2. The van der Waals surface area contributed by atoms with Crippen molar-refractivity contribution in [2.75, 3.05) is 19.6 Å². The number of nitrogens with one attached hydrogen (secondary N) is 2. The molecule has 0 rings (SSSR count). The Balaban J connectivity index is 3.15. The molecular weight excluding hydrogens is 190 g/mol. The Bertz CT molecular complexity index is 214. The second kappa shape index (κ2) is 9.27. The van der Waals surface area contributed by atoms with E-state index >= 15 is 0 Å². The number of hydrogen-bond acceptors (Lipinski definition) is 3. The summed E-state index contributed by atoms with van der Waals surface area (Å²) in [5, 5.41) is 5.85. The second-order valence-electron chi connectivity index (χ2n) is 3.27. The van der Waals surface area contributed by atoms with Gasteiger partial charge in [-0.15, -0.1) is 0 Å². The number of nitrogens with two attached hydrogens (primary N) is 1. The van der Waals surface area contributed by atoms with Gasteiger partial charge < -0.3 is 16.4 Å². The molecule has 0 aromatic heterocycles. The zero-order valence-electron chi connectivity index (χ0n) is 9.22. The summed E-state index contributed by atoms with van der Waals surface area (Å²) >= 11 is 0. The highest BCUT2D eigenvalue weighted by atomic mass is 16.1. The molecule has 0 heterocycles. The molecule has 0 aromatic rings. The van der Waals surface area contributed by atoms with Gasteiger partial charge >= 0.3 is 0 Å². The maximum absolute atomic E-state index is 10.8. The number of hydrogen-bond donors (Lipinski definition) is 3. The standard InChI is InChI=1S/C11H21N3O/c1-3-10(2)13-7-5-4-6-8-14-11(15)9-12/h3,13H,1-2,4-9,12H2,(H,14,15).